The summed E-state index contributed by atoms with van der Waals surface area (Å²) in [6.45, 7) is 7.12. The van der Waals surface area contributed by atoms with Gasteiger partial charge in [-0.1, -0.05) is 79.8 Å². The van der Waals surface area contributed by atoms with Crippen LogP contribution in [0.15, 0.2) is 0 Å². The van der Waals surface area contributed by atoms with Gasteiger partial charge in [0.15, 0.2) is 7.00 Å². The number of hydrogen-bond donors (Lipinski definition) is 0. The van der Waals surface area contributed by atoms with Crippen molar-refractivity contribution in [3.05, 3.63) is 0 Å². The quantitative estimate of drug-likeness (QED) is 0.236. The zero-order valence-corrected chi connectivity index (χ0v) is 12.1. The van der Waals surface area contributed by atoms with Crippen molar-refractivity contribution in [2.24, 2.45) is 0 Å². The second-order valence-electron chi connectivity index (χ2n) is 3.51. The molecule has 1 atom stereocenters. The van der Waals surface area contributed by atoms with Crippen LogP contribution in [0.2, 0.25) is 6.32 Å². The number of unbranched alkanes of at least 4 members (excludes halogenated alkanes) is 4. The van der Waals surface area contributed by atoms with Crippen molar-refractivity contribution in [1.82, 2.24) is 0 Å². The third-order valence-corrected chi connectivity index (χ3v) is 6.14. The first-order valence-electron chi connectivity index (χ1n) is 5.57. The molecule has 0 nitrogen and oxygen atoms in total. The van der Waals surface area contributed by atoms with E-state index in [0.29, 0.717) is 0 Å². The molecule has 0 N–H and O–H groups in total. The molecule has 0 heterocycles. The van der Waals surface area contributed by atoms with Crippen molar-refractivity contribution >= 4 is 34.5 Å². The van der Waals surface area contributed by atoms with E-state index in [1.54, 1.807) is 0 Å². The van der Waals surface area contributed by atoms with E-state index in [4.69, 9.17) is 0 Å². The molecular weight excluding hydrogens is 289 g/mol. The average Bonchev–Trinajstić information content (AvgIpc) is 2.13. The molecule has 1 radical (unpaired) electrons. The minimum absolute atomic E-state index is 0.236. The van der Waals surface area contributed by atoms with E-state index in [1.165, 1.54) is 51.0 Å². The summed E-state index contributed by atoms with van der Waals surface area (Å²) in [6, 6.07) is 0. The summed E-state index contributed by atoms with van der Waals surface area (Å²) in [4.78, 5) is 0. The zero-order chi connectivity index (χ0) is 9.94. The van der Waals surface area contributed by atoms with Crippen LogP contribution in [0.1, 0.15) is 52.4 Å². The molecule has 0 amide bonds. The lowest BCUT2D eigenvalue weighted by Gasteiger charge is -2.07. The molecule has 0 saturated heterocycles. The Balaban J connectivity index is 3.05. The molecule has 0 aromatic heterocycles. The van der Waals surface area contributed by atoms with E-state index in [-0.39, 0.29) is 5.44 Å². The van der Waals surface area contributed by atoms with Crippen LogP contribution in [0, 0.1) is 0 Å². The summed E-state index contributed by atoms with van der Waals surface area (Å²) in [5.41, 5.74) is 0.236. The van der Waals surface area contributed by atoms with Crippen molar-refractivity contribution in [2.75, 3.05) is 6.16 Å². The molecule has 0 fully saturated rings. The highest BCUT2D eigenvalue weighted by molar-refractivity contribution is 14.2. The summed E-state index contributed by atoms with van der Waals surface area (Å²) in [5.74, 6) is 0. The summed E-state index contributed by atoms with van der Waals surface area (Å²) in [6.07, 6.45) is 11.2. The lowest BCUT2D eigenvalue weighted by Crippen LogP contribution is -1.89. The molecule has 0 aliphatic heterocycles. The van der Waals surface area contributed by atoms with Gasteiger partial charge in [0.2, 0.25) is 0 Å². The summed E-state index contributed by atoms with van der Waals surface area (Å²) in [5, 5.41) is 0. The Morgan fingerprint density at radius 3 is 2.23 bits per heavy atom. The van der Waals surface area contributed by atoms with E-state index in [0.717, 1.165) is 0 Å². The predicted octanol–water partition coefficient (Wildman–Crippen LogP) is 5.24. The van der Waals surface area contributed by atoms with Crippen molar-refractivity contribution in [1.29, 1.82) is 0 Å². The zero-order valence-electron chi connectivity index (χ0n) is 9.06. The van der Waals surface area contributed by atoms with E-state index in [1.807, 2.05) is 0 Å². The second kappa shape index (κ2) is 11.3. The Bertz CT molecular complexity index is 101. The van der Waals surface area contributed by atoms with Gasteiger partial charge < -0.3 is 0 Å². The van der Waals surface area contributed by atoms with Crippen molar-refractivity contribution in [2.45, 2.75) is 58.7 Å². The molecule has 0 aromatic carbocycles. The fourth-order valence-corrected chi connectivity index (χ4v) is 4.26. The fraction of sp³-hybridized carbons (Fsp3) is 1.00. The predicted molar refractivity (Wildman–Crippen MR) is 75.4 cm³/mol. The molecule has 13 heavy (non-hydrogen) atoms. The number of hydrogen-bond acceptors (Lipinski definition) is 0. The van der Waals surface area contributed by atoms with Gasteiger partial charge in [0.25, 0.3) is 0 Å². The molecule has 1 unspecified atom stereocenters. The normalized spacial score (nSPS) is 12.8. The second-order valence-corrected chi connectivity index (χ2v) is 8.84. The average molecular weight is 311 g/mol. The molecule has 77 valence electrons. The molecule has 0 saturated carbocycles. The van der Waals surface area contributed by atoms with Crippen LogP contribution in [0.25, 0.3) is 0 Å². The summed E-state index contributed by atoms with van der Waals surface area (Å²) in [7, 11) is 0. The van der Waals surface area contributed by atoms with Gasteiger partial charge in [-0.15, -0.1) is 0 Å². The maximum Gasteiger partial charge on any atom is 0.160 e. The summed E-state index contributed by atoms with van der Waals surface area (Å²) >= 11 is 2.64. The van der Waals surface area contributed by atoms with Crippen molar-refractivity contribution in [3.63, 3.8) is 0 Å². The van der Waals surface area contributed by atoms with Crippen LogP contribution in [-0.2, 0) is 0 Å². The van der Waals surface area contributed by atoms with Crippen LogP contribution in [0.4, 0.5) is 0 Å². The van der Waals surface area contributed by atoms with Crippen LogP contribution in [0.3, 0.4) is 0 Å². The van der Waals surface area contributed by atoms with Crippen LogP contribution in [-0.4, -0.2) is 13.2 Å². The molecule has 0 aromatic rings. The lowest BCUT2D eigenvalue weighted by atomic mass is 9.98. The van der Waals surface area contributed by atoms with Crippen molar-refractivity contribution in [3.8, 4) is 0 Å². The standard InChI is InChI=1S/C10H22BIP/c1-3-5-7-9-11-13(12)10-8-6-4-2/h3-10H2,1-2H3. The first-order valence-corrected chi connectivity index (χ1v) is 9.95. The Morgan fingerprint density at radius 2 is 1.62 bits per heavy atom. The lowest BCUT2D eigenvalue weighted by molar-refractivity contribution is 0.769. The van der Waals surface area contributed by atoms with E-state index < -0.39 is 0 Å². The minimum atomic E-state index is 0.236. The molecule has 0 aliphatic carbocycles. The third kappa shape index (κ3) is 11.1. The highest BCUT2D eigenvalue weighted by Crippen LogP contribution is 2.44. The topological polar surface area (TPSA) is 0 Å². The molecule has 0 spiro atoms. The Labute approximate surface area is 99.1 Å². The van der Waals surface area contributed by atoms with Gasteiger partial charge in [-0.05, 0) is 12.6 Å². The smallest absolute Gasteiger partial charge is 0.0836 e. The van der Waals surface area contributed by atoms with Gasteiger partial charge in [-0.2, -0.15) is 0 Å². The van der Waals surface area contributed by atoms with Gasteiger partial charge in [-0.3, -0.25) is 0 Å². The molecular formula is C10H22BIP. The number of halogens is 1. The van der Waals surface area contributed by atoms with Crippen molar-refractivity contribution < 1.29 is 0 Å². The molecule has 0 aliphatic rings. The Hall–Kier alpha value is 1.22. The molecule has 0 bridgehead atoms. The van der Waals surface area contributed by atoms with Crippen LogP contribution in [0.5, 0.6) is 0 Å². The largest absolute Gasteiger partial charge is 0.160 e. The maximum absolute atomic E-state index is 2.64. The van der Waals surface area contributed by atoms with Gasteiger partial charge in [0.05, 0.1) is 0 Å². The first kappa shape index (κ1) is 14.2. The molecule has 0 rings (SSSR count). The van der Waals surface area contributed by atoms with Gasteiger partial charge >= 0.3 is 0 Å². The Morgan fingerprint density at radius 1 is 1.00 bits per heavy atom. The monoisotopic (exact) mass is 311 g/mol. The maximum atomic E-state index is 2.64. The van der Waals surface area contributed by atoms with Gasteiger partial charge in [0.1, 0.15) is 0 Å². The SMILES string of the molecule is CCCCC[B]P(I)CCCCC. The highest BCUT2D eigenvalue weighted by Gasteiger charge is 2.03. The Kier molecular flexibility index (Phi) is 12.4. The number of rotatable bonds is 9. The van der Waals surface area contributed by atoms with Gasteiger partial charge in [0, 0.05) is 0 Å². The first-order chi connectivity index (χ1) is 6.31. The fourth-order valence-electron chi connectivity index (χ4n) is 1.23. The molecule has 3 heteroatoms. The van der Waals surface area contributed by atoms with E-state index in [2.05, 4.69) is 42.9 Å². The van der Waals surface area contributed by atoms with Gasteiger partial charge in [-0.25, -0.2) is 0 Å². The summed E-state index contributed by atoms with van der Waals surface area (Å²) < 4.78 is 0. The highest BCUT2D eigenvalue weighted by atomic mass is 127. The minimum Gasteiger partial charge on any atom is -0.0836 e. The van der Waals surface area contributed by atoms with E-state index >= 15 is 0 Å². The van der Waals surface area contributed by atoms with Crippen LogP contribution < -0.4 is 0 Å². The van der Waals surface area contributed by atoms with E-state index in [9.17, 15) is 0 Å². The third-order valence-electron chi connectivity index (χ3n) is 2.11. The van der Waals surface area contributed by atoms with Crippen LogP contribution >= 0.6 is 27.5 Å².